The second-order valence-corrected chi connectivity index (χ2v) is 4.78. The Morgan fingerprint density at radius 1 is 1.38 bits per heavy atom. The van der Waals surface area contributed by atoms with Crippen LogP contribution in [0, 0.1) is 6.92 Å². The highest BCUT2D eigenvalue weighted by Gasteiger charge is 2.26. The second-order valence-electron chi connectivity index (χ2n) is 4.78. The number of methoxy groups -OCH3 is 1. The number of nitrogens with zero attached hydrogens (tertiary/aromatic N) is 1. The predicted octanol–water partition coefficient (Wildman–Crippen LogP) is 2.11. The minimum atomic E-state index is -4.32. The van der Waals surface area contributed by atoms with E-state index in [0.717, 1.165) is 11.1 Å². The number of carbonyl (C=O) groups is 1. The molecule has 1 amide bonds. The molecule has 0 aliphatic heterocycles. The summed E-state index contributed by atoms with van der Waals surface area (Å²) in [4.78, 5) is 13.1. The van der Waals surface area contributed by atoms with Crippen LogP contribution in [-0.2, 0) is 11.3 Å². The van der Waals surface area contributed by atoms with E-state index >= 15 is 0 Å². The summed E-state index contributed by atoms with van der Waals surface area (Å²) in [6.45, 7) is 0.650. The first-order valence-electron chi connectivity index (χ1n) is 6.38. The number of likely N-dealkylation sites (N-methyl/N-ethyl adjacent to an activating group) is 1. The minimum Gasteiger partial charge on any atom is -0.496 e. The standard InChI is InChI=1S/C14H19F3N2O2/c1-10-4-5-12(21-3)11(6-10)8-19(2)13(20)7-18-9-14(15,16)17/h4-6,18H,7-9H2,1-3H3. The van der Waals surface area contributed by atoms with Gasteiger partial charge in [0.05, 0.1) is 20.2 Å². The summed E-state index contributed by atoms with van der Waals surface area (Å²) in [5, 5.41) is 2.08. The molecule has 0 saturated heterocycles. The van der Waals surface area contributed by atoms with Crippen molar-refractivity contribution in [2.45, 2.75) is 19.6 Å². The Kier molecular flexibility index (Phi) is 6.02. The van der Waals surface area contributed by atoms with Crippen LogP contribution < -0.4 is 10.1 Å². The molecule has 0 aliphatic carbocycles. The van der Waals surface area contributed by atoms with Gasteiger partial charge < -0.3 is 15.0 Å². The lowest BCUT2D eigenvalue weighted by molar-refractivity contribution is -0.133. The molecule has 0 fully saturated rings. The van der Waals surface area contributed by atoms with Gasteiger partial charge in [0.15, 0.2) is 0 Å². The van der Waals surface area contributed by atoms with Crippen molar-refractivity contribution in [1.29, 1.82) is 0 Å². The Labute approximate surface area is 121 Å². The number of hydrogen-bond acceptors (Lipinski definition) is 3. The van der Waals surface area contributed by atoms with Crippen LogP contribution >= 0.6 is 0 Å². The number of aryl methyl sites for hydroxylation is 1. The van der Waals surface area contributed by atoms with Crippen molar-refractivity contribution in [1.82, 2.24) is 10.2 Å². The molecule has 0 aromatic heterocycles. The molecule has 1 aromatic rings. The van der Waals surface area contributed by atoms with Crippen LogP contribution in [0.4, 0.5) is 13.2 Å². The second kappa shape index (κ2) is 7.31. The molecule has 1 N–H and O–H groups in total. The molecule has 0 radical (unpaired) electrons. The zero-order chi connectivity index (χ0) is 16.0. The number of alkyl halides is 3. The van der Waals surface area contributed by atoms with Crippen molar-refractivity contribution in [3.8, 4) is 5.75 Å². The lowest BCUT2D eigenvalue weighted by Crippen LogP contribution is -2.39. The highest BCUT2D eigenvalue weighted by molar-refractivity contribution is 5.78. The third-order valence-electron chi connectivity index (χ3n) is 2.87. The summed E-state index contributed by atoms with van der Waals surface area (Å²) in [5.41, 5.74) is 1.83. The van der Waals surface area contributed by atoms with Gasteiger partial charge in [-0.25, -0.2) is 0 Å². The van der Waals surface area contributed by atoms with Crippen molar-refractivity contribution in [3.63, 3.8) is 0 Å². The zero-order valence-corrected chi connectivity index (χ0v) is 12.3. The summed E-state index contributed by atoms with van der Waals surface area (Å²) in [5.74, 6) is 0.228. The SMILES string of the molecule is COc1ccc(C)cc1CN(C)C(=O)CNCC(F)(F)F. The number of amides is 1. The fourth-order valence-corrected chi connectivity index (χ4v) is 1.82. The van der Waals surface area contributed by atoms with E-state index in [2.05, 4.69) is 5.32 Å². The first kappa shape index (κ1) is 17.3. The van der Waals surface area contributed by atoms with E-state index in [1.807, 2.05) is 19.1 Å². The maximum absolute atomic E-state index is 12.0. The van der Waals surface area contributed by atoms with E-state index in [4.69, 9.17) is 4.74 Å². The molecule has 0 atom stereocenters. The Morgan fingerprint density at radius 2 is 2.05 bits per heavy atom. The van der Waals surface area contributed by atoms with E-state index < -0.39 is 18.6 Å². The third kappa shape index (κ3) is 6.03. The molecule has 7 heteroatoms. The highest BCUT2D eigenvalue weighted by atomic mass is 19.4. The molecule has 4 nitrogen and oxygen atoms in total. The van der Waals surface area contributed by atoms with Gasteiger partial charge in [0.1, 0.15) is 5.75 Å². The maximum Gasteiger partial charge on any atom is 0.401 e. The molecule has 0 bridgehead atoms. The van der Waals surface area contributed by atoms with Crippen LogP contribution in [0.2, 0.25) is 0 Å². The number of carbonyl (C=O) groups excluding carboxylic acids is 1. The number of benzene rings is 1. The van der Waals surface area contributed by atoms with Gasteiger partial charge in [0, 0.05) is 19.2 Å². The number of nitrogens with one attached hydrogen (secondary N) is 1. The maximum atomic E-state index is 12.0. The summed E-state index contributed by atoms with van der Waals surface area (Å²) in [6, 6.07) is 5.56. The van der Waals surface area contributed by atoms with Crippen molar-refractivity contribution < 1.29 is 22.7 Å². The van der Waals surface area contributed by atoms with Crippen molar-refractivity contribution in [3.05, 3.63) is 29.3 Å². The summed E-state index contributed by atoms with van der Waals surface area (Å²) >= 11 is 0. The van der Waals surface area contributed by atoms with Crippen LogP contribution in [-0.4, -0.2) is 44.2 Å². The largest absolute Gasteiger partial charge is 0.496 e. The summed E-state index contributed by atoms with van der Waals surface area (Å²) in [6.07, 6.45) is -4.32. The topological polar surface area (TPSA) is 41.6 Å². The summed E-state index contributed by atoms with van der Waals surface area (Å²) < 4.78 is 41.2. The van der Waals surface area contributed by atoms with Gasteiger partial charge >= 0.3 is 6.18 Å². The predicted molar refractivity (Wildman–Crippen MR) is 73.1 cm³/mol. The quantitative estimate of drug-likeness (QED) is 0.875. The lowest BCUT2D eigenvalue weighted by atomic mass is 10.1. The highest BCUT2D eigenvalue weighted by Crippen LogP contribution is 2.21. The van der Waals surface area contributed by atoms with Crippen LogP contribution in [0.3, 0.4) is 0 Å². The third-order valence-corrected chi connectivity index (χ3v) is 2.87. The van der Waals surface area contributed by atoms with Crippen LogP contribution in [0.15, 0.2) is 18.2 Å². The first-order valence-corrected chi connectivity index (χ1v) is 6.38. The Balaban J connectivity index is 2.58. The average Bonchev–Trinajstić information content (AvgIpc) is 2.37. The monoisotopic (exact) mass is 304 g/mol. The van der Waals surface area contributed by atoms with Crippen LogP contribution in [0.25, 0.3) is 0 Å². The molecule has 0 spiro atoms. The Bertz CT molecular complexity index is 490. The Morgan fingerprint density at radius 3 is 2.62 bits per heavy atom. The van der Waals surface area contributed by atoms with E-state index in [9.17, 15) is 18.0 Å². The zero-order valence-electron chi connectivity index (χ0n) is 12.3. The van der Waals surface area contributed by atoms with Gasteiger partial charge in [-0.3, -0.25) is 4.79 Å². The number of ether oxygens (including phenoxy) is 1. The van der Waals surface area contributed by atoms with E-state index in [1.165, 1.54) is 12.0 Å². The molecular formula is C14H19F3N2O2. The molecule has 0 unspecified atom stereocenters. The normalized spacial score (nSPS) is 11.3. The van der Waals surface area contributed by atoms with Crippen molar-refractivity contribution >= 4 is 5.91 Å². The van der Waals surface area contributed by atoms with E-state index in [-0.39, 0.29) is 13.1 Å². The van der Waals surface area contributed by atoms with E-state index in [1.54, 1.807) is 13.1 Å². The first-order chi connectivity index (χ1) is 9.73. The molecule has 0 heterocycles. The number of hydrogen-bond donors (Lipinski definition) is 1. The number of halogens is 3. The van der Waals surface area contributed by atoms with E-state index in [0.29, 0.717) is 5.75 Å². The van der Waals surface area contributed by atoms with Crippen molar-refractivity contribution in [2.24, 2.45) is 0 Å². The lowest BCUT2D eigenvalue weighted by Gasteiger charge is -2.19. The number of rotatable bonds is 6. The molecule has 1 aromatic carbocycles. The molecule has 21 heavy (non-hydrogen) atoms. The van der Waals surface area contributed by atoms with Gasteiger partial charge in [0.2, 0.25) is 5.91 Å². The smallest absolute Gasteiger partial charge is 0.401 e. The fourth-order valence-electron chi connectivity index (χ4n) is 1.82. The molecule has 1 rings (SSSR count). The van der Waals surface area contributed by atoms with Crippen molar-refractivity contribution in [2.75, 3.05) is 27.2 Å². The van der Waals surface area contributed by atoms with Gasteiger partial charge in [-0.05, 0) is 13.0 Å². The van der Waals surface area contributed by atoms with Gasteiger partial charge in [-0.15, -0.1) is 0 Å². The molecule has 118 valence electrons. The average molecular weight is 304 g/mol. The van der Waals surface area contributed by atoms with Gasteiger partial charge in [-0.2, -0.15) is 13.2 Å². The fraction of sp³-hybridized carbons (Fsp3) is 0.500. The van der Waals surface area contributed by atoms with Gasteiger partial charge in [-0.1, -0.05) is 17.7 Å². The Hall–Kier alpha value is -1.76. The van der Waals surface area contributed by atoms with Gasteiger partial charge in [0.25, 0.3) is 0 Å². The summed E-state index contributed by atoms with van der Waals surface area (Å²) in [7, 11) is 3.07. The molecular weight excluding hydrogens is 285 g/mol. The molecule has 0 aliphatic rings. The molecule has 0 saturated carbocycles. The van der Waals surface area contributed by atoms with Crippen LogP contribution in [0.5, 0.6) is 5.75 Å². The van der Waals surface area contributed by atoms with Crippen LogP contribution in [0.1, 0.15) is 11.1 Å². The minimum absolute atomic E-state index is 0.275.